The van der Waals surface area contributed by atoms with Gasteiger partial charge in [-0.05, 0) is 83.9 Å². The number of esters is 4. The van der Waals surface area contributed by atoms with E-state index in [1.807, 2.05) is 30.3 Å². The van der Waals surface area contributed by atoms with E-state index < -0.39 is 80.0 Å². The molecule has 15 nitrogen and oxygen atoms in total. The third kappa shape index (κ3) is 13.3. The maximum Gasteiger partial charge on any atom is 0.338 e. The zero-order valence-corrected chi connectivity index (χ0v) is 39.8. The van der Waals surface area contributed by atoms with E-state index in [0.29, 0.717) is 22.8 Å². The van der Waals surface area contributed by atoms with Crippen LogP contribution in [0, 0.1) is 0 Å². The summed E-state index contributed by atoms with van der Waals surface area (Å²) >= 11 is 0. The van der Waals surface area contributed by atoms with Crippen LogP contribution in [0.1, 0.15) is 58.7 Å². The van der Waals surface area contributed by atoms with Gasteiger partial charge in [-0.25, -0.2) is 19.2 Å². The Morgan fingerprint density at radius 3 is 1.51 bits per heavy atom. The third-order valence-corrected chi connectivity index (χ3v) is 11.6. The number of carbonyl (C=O) groups is 4. The normalized spacial score (nSPS) is 17.9. The second kappa shape index (κ2) is 25.1. The average Bonchev–Trinajstić information content (AvgIpc) is 3.45. The molecule has 1 N–H and O–H groups in total. The molecule has 1 heterocycles. The van der Waals surface area contributed by atoms with Crippen LogP contribution in [0.4, 0.5) is 0 Å². The van der Waals surface area contributed by atoms with Gasteiger partial charge in [0.15, 0.2) is 53.7 Å². The highest BCUT2D eigenvalue weighted by Gasteiger charge is 2.54. The van der Waals surface area contributed by atoms with E-state index in [9.17, 15) is 24.3 Å². The lowest BCUT2D eigenvalue weighted by Gasteiger charge is -2.44. The predicted molar refractivity (Wildman–Crippen MR) is 264 cm³/mol. The van der Waals surface area contributed by atoms with Crippen LogP contribution >= 0.6 is 0 Å². The third-order valence-electron chi connectivity index (χ3n) is 11.6. The van der Waals surface area contributed by atoms with Crippen molar-refractivity contribution in [1.29, 1.82) is 0 Å². The van der Waals surface area contributed by atoms with E-state index in [1.165, 1.54) is 50.6 Å². The number of aliphatic hydroxyl groups excluding tert-OH is 1. The molecular formula is C58H52O15. The van der Waals surface area contributed by atoms with Crippen molar-refractivity contribution in [3.05, 3.63) is 228 Å². The molecule has 15 heteroatoms. The summed E-state index contributed by atoms with van der Waals surface area (Å²) in [4.78, 5) is 55.9. The van der Waals surface area contributed by atoms with E-state index in [0.717, 1.165) is 5.56 Å². The fraction of sp³-hybridized carbons (Fsp3) is 0.207. The Balaban J connectivity index is 1.18. The molecule has 0 radical (unpaired) electrons. The molecule has 1 aliphatic rings. The molecule has 0 aliphatic carbocycles. The topological polar surface area (TPSA) is 181 Å². The smallest absolute Gasteiger partial charge is 0.338 e. The molecule has 0 unspecified atom stereocenters. The van der Waals surface area contributed by atoms with Crippen molar-refractivity contribution in [2.24, 2.45) is 0 Å². The minimum absolute atomic E-state index is 0.111. The molecule has 1 fully saturated rings. The molecule has 7 atom stereocenters. The Morgan fingerprint density at radius 2 is 0.973 bits per heavy atom. The van der Waals surface area contributed by atoms with Gasteiger partial charge < -0.3 is 52.5 Å². The van der Waals surface area contributed by atoms with Gasteiger partial charge in [-0.3, -0.25) is 0 Å². The summed E-state index contributed by atoms with van der Waals surface area (Å²) in [5.74, 6) is -2.07. The highest BCUT2D eigenvalue weighted by molar-refractivity contribution is 5.91. The average molecular weight is 989 g/mol. The van der Waals surface area contributed by atoms with Gasteiger partial charge >= 0.3 is 23.9 Å². The zero-order valence-electron chi connectivity index (χ0n) is 39.8. The molecule has 7 aromatic carbocycles. The van der Waals surface area contributed by atoms with Gasteiger partial charge in [0.2, 0.25) is 0 Å². The number of hydrogen-bond acceptors (Lipinski definition) is 15. The molecule has 0 bridgehead atoms. The first-order valence-corrected chi connectivity index (χ1v) is 23.3. The van der Waals surface area contributed by atoms with E-state index in [2.05, 4.69) is 0 Å². The second-order valence-corrected chi connectivity index (χ2v) is 16.5. The molecular weight excluding hydrogens is 937 g/mol. The maximum absolute atomic E-state index is 14.2. The lowest BCUT2D eigenvalue weighted by Crippen LogP contribution is -2.63. The van der Waals surface area contributed by atoms with E-state index >= 15 is 0 Å². The lowest BCUT2D eigenvalue weighted by atomic mass is 9.97. The Kier molecular flexibility index (Phi) is 17.5. The van der Waals surface area contributed by atoms with Crippen LogP contribution in [0.15, 0.2) is 194 Å². The highest BCUT2D eigenvalue weighted by Crippen LogP contribution is 2.37. The Bertz CT molecular complexity index is 2890. The number of ether oxygens (including phenoxy) is 10. The summed E-state index contributed by atoms with van der Waals surface area (Å²) in [5.41, 5.74) is 1.83. The molecule has 0 aromatic heterocycles. The second-order valence-electron chi connectivity index (χ2n) is 16.5. The largest absolute Gasteiger partial charge is 0.493 e. The van der Waals surface area contributed by atoms with Crippen LogP contribution < -0.4 is 18.9 Å². The predicted octanol–water partition coefficient (Wildman–Crippen LogP) is 9.04. The van der Waals surface area contributed by atoms with Crippen molar-refractivity contribution >= 4 is 23.9 Å². The summed E-state index contributed by atoms with van der Waals surface area (Å²) in [6.07, 6.45) is -10.9. The van der Waals surface area contributed by atoms with Gasteiger partial charge in [0.25, 0.3) is 0 Å². The summed E-state index contributed by atoms with van der Waals surface area (Å²) < 4.78 is 61.5. The zero-order chi connectivity index (χ0) is 50.9. The van der Waals surface area contributed by atoms with Crippen molar-refractivity contribution in [2.45, 2.75) is 49.5 Å². The van der Waals surface area contributed by atoms with Crippen LogP contribution in [-0.2, 0) is 35.0 Å². The standard InChI is InChI=1S/C58H52O15/c1-64-44-30-18-19-31-46(44)69-48(50(59)43-32-33-45(47(34-43)65-2)66-35-38-20-8-3-9-21-38)36-68-58-53(73-57(63)42-28-16-7-17-29-42)52(72-56(62)41-26-14-6-15-27-41)51(71-55(61)40-24-12-5-13-25-40)49(70-58)37-67-54(60)39-22-10-4-11-23-39/h3-34,48-53,58-59H,35-37H2,1-2H3/t48-,49-,50-,51-,52+,53-,58-/m1/s1. The fourth-order valence-electron chi connectivity index (χ4n) is 7.86. The molecule has 73 heavy (non-hydrogen) atoms. The number of carbonyl (C=O) groups excluding carboxylic acids is 4. The molecule has 374 valence electrons. The van der Waals surface area contributed by atoms with Gasteiger partial charge in [0.05, 0.1) is 43.1 Å². The van der Waals surface area contributed by atoms with E-state index in [1.54, 1.807) is 127 Å². The quantitative estimate of drug-likeness (QED) is 0.0532. The van der Waals surface area contributed by atoms with E-state index in [-0.39, 0.29) is 34.6 Å². The van der Waals surface area contributed by atoms with Crippen molar-refractivity contribution in [2.75, 3.05) is 27.4 Å². The molecule has 1 saturated heterocycles. The van der Waals surface area contributed by atoms with Gasteiger partial charge in [-0.1, -0.05) is 121 Å². The highest BCUT2D eigenvalue weighted by atomic mass is 16.7. The molecule has 7 aromatic rings. The SMILES string of the molecule is COc1cc([C@@H](O)[C@@H](CO[C@@H]2O[C@H](COC(=O)c3ccccc3)[C@@H](OC(=O)c3ccccc3)[C@H](OC(=O)c3ccccc3)[C@H]2OC(=O)c2ccccc2)Oc2ccccc2OC)ccc1OCc1ccccc1. The number of para-hydroxylation sites is 2. The van der Waals surface area contributed by atoms with Gasteiger partial charge in [-0.2, -0.15) is 0 Å². The molecule has 1 aliphatic heterocycles. The van der Waals surface area contributed by atoms with Crippen molar-refractivity contribution < 1.29 is 71.7 Å². The molecule has 8 rings (SSSR count). The summed E-state index contributed by atoms with van der Waals surface area (Å²) in [6.45, 7) is -0.839. The number of aliphatic hydroxyl groups is 1. The summed E-state index contributed by atoms with van der Waals surface area (Å²) in [7, 11) is 2.94. The van der Waals surface area contributed by atoms with Crippen LogP contribution in [0.2, 0.25) is 0 Å². The first kappa shape index (κ1) is 50.9. The number of rotatable bonds is 21. The van der Waals surface area contributed by atoms with Gasteiger partial charge in [0.1, 0.15) is 25.4 Å². The molecule has 0 spiro atoms. The van der Waals surface area contributed by atoms with Crippen LogP contribution in [0.25, 0.3) is 0 Å². The van der Waals surface area contributed by atoms with Gasteiger partial charge in [0, 0.05) is 0 Å². The van der Waals surface area contributed by atoms with Crippen molar-refractivity contribution in [3.8, 4) is 23.0 Å². The van der Waals surface area contributed by atoms with Crippen LogP contribution in [-0.4, -0.2) is 93.2 Å². The van der Waals surface area contributed by atoms with Crippen LogP contribution in [0.5, 0.6) is 23.0 Å². The summed E-state index contributed by atoms with van der Waals surface area (Å²) in [6, 6.07) is 53.5. The Labute approximate surface area is 421 Å². The van der Waals surface area contributed by atoms with E-state index in [4.69, 9.17) is 47.4 Å². The minimum atomic E-state index is -1.71. The first-order chi connectivity index (χ1) is 35.7. The number of methoxy groups -OCH3 is 2. The first-order valence-electron chi connectivity index (χ1n) is 23.3. The molecule has 0 amide bonds. The monoisotopic (exact) mass is 988 g/mol. The molecule has 0 saturated carbocycles. The number of hydrogen-bond donors (Lipinski definition) is 1. The van der Waals surface area contributed by atoms with Crippen molar-refractivity contribution in [1.82, 2.24) is 0 Å². The summed E-state index contributed by atoms with van der Waals surface area (Å²) in [5, 5.41) is 12.3. The Morgan fingerprint density at radius 1 is 0.507 bits per heavy atom. The van der Waals surface area contributed by atoms with Crippen LogP contribution in [0.3, 0.4) is 0 Å². The van der Waals surface area contributed by atoms with Gasteiger partial charge in [-0.15, -0.1) is 0 Å². The number of benzene rings is 7. The Hall–Kier alpha value is -8.50. The maximum atomic E-state index is 14.2. The minimum Gasteiger partial charge on any atom is -0.493 e. The van der Waals surface area contributed by atoms with Crippen molar-refractivity contribution in [3.63, 3.8) is 0 Å². The fourth-order valence-corrected chi connectivity index (χ4v) is 7.86. The lowest BCUT2D eigenvalue weighted by molar-refractivity contribution is -0.302.